The first-order valence-electron chi connectivity index (χ1n) is 5.01. The minimum atomic E-state index is -0.704. The van der Waals surface area contributed by atoms with Crippen molar-refractivity contribution in [1.82, 2.24) is 9.97 Å². The average Bonchev–Trinajstić information content (AvgIpc) is 2.69. The Hall–Kier alpha value is -1.72. The van der Waals surface area contributed by atoms with E-state index in [0.29, 0.717) is 5.69 Å². The van der Waals surface area contributed by atoms with E-state index in [9.17, 15) is 4.79 Å². The number of nitrogens with one attached hydrogen (secondary N) is 2. The van der Waals surface area contributed by atoms with Gasteiger partial charge in [-0.15, -0.1) is 0 Å². The molecule has 2 rings (SSSR count). The first-order valence-corrected chi connectivity index (χ1v) is 5.76. The van der Waals surface area contributed by atoms with Crippen molar-refractivity contribution in [3.05, 3.63) is 46.0 Å². The predicted octanol–water partition coefficient (Wildman–Crippen LogP) is 3.21. The van der Waals surface area contributed by atoms with Crippen LogP contribution in [0.3, 0.4) is 0 Å². The van der Waals surface area contributed by atoms with Crippen LogP contribution < -0.4 is 5.48 Å². The fourth-order valence-electron chi connectivity index (χ4n) is 1.20. The highest BCUT2D eigenvalue weighted by Gasteiger charge is 2.15. The maximum absolute atomic E-state index is 11.6. The third kappa shape index (κ3) is 2.94. The Bertz CT molecular complexity index is 547. The molecule has 0 aliphatic heterocycles. The van der Waals surface area contributed by atoms with Gasteiger partial charge in [0, 0.05) is 0 Å². The molecule has 2 aromatic rings. The lowest BCUT2D eigenvalue weighted by molar-refractivity contribution is 0.0584. The summed E-state index contributed by atoms with van der Waals surface area (Å²) >= 11 is 11.2. The summed E-state index contributed by atoms with van der Waals surface area (Å²) in [6, 6.07) is 7.34. The number of aryl methyl sites for hydroxylation is 1. The minimum Gasteiger partial charge on any atom is -0.335 e. The lowest BCUT2D eigenvalue weighted by Crippen LogP contribution is -2.12. The Balaban J connectivity index is 1.98. The predicted molar refractivity (Wildman–Crippen MR) is 68.8 cm³/mol. The Labute approximate surface area is 113 Å². The minimum absolute atomic E-state index is 0.0268. The second-order valence-corrected chi connectivity index (χ2v) is 4.28. The summed E-state index contributed by atoms with van der Waals surface area (Å²) in [7, 11) is 0. The van der Waals surface area contributed by atoms with Gasteiger partial charge in [0.05, 0.1) is 5.69 Å². The van der Waals surface area contributed by atoms with Crippen LogP contribution in [0.4, 0.5) is 5.69 Å². The first kappa shape index (κ1) is 12.7. The highest BCUT2D eigenvalue weighted by molar-refractivity contribution is 6.40. The normalized spacial score (nSPS) is 10.2. The molecule has 0 saturated heterocycles. The average molecular weight is 286 g/mol. The molecule has 0 atom stereocenters. The maximum atomic E-state index is 11.6. The molecule has 0 spiro atoms. The number of benzene rings is 1. The molecule has 0 aliphatic carbocycles. The number of aromatic nitrogens is 2. The third-order valence-electron chi connectivity index (χ3n) is 2.13. The molecule has 18 heavy (non-hydrogen) atoms. The van der Waals surface area contributed by atoms with E-state index in [-0.39, 0.29) is 16.1 Å². The Morgan fingerprint density at radius 2 is 2.00 bits per heavy atom. The van der Waals surface area contributed by atoms with Crippen LogP contribution in [0.15, 0.2) is 24.3 Å². The van der Waals surface area contributed by atoms with Crippen LogP contribution in [-0.4, -0.2) is 15.9 Å². The van der Waals surface area contributed by atoms with Crippen molar-refractivity contribution in [3.8, 4) is 0 Å². The molecule has 0 radical (unpaired) electrons. The number of nitrogens with zero attached hydrogens (tertiary/aromatic N) is 1. The van der Waals surface area contributed by atoms with Crippen molar-refractivity contribution in [1.29, 1.82) is 0 Å². The second-order valence-electron chi connectivity index (χ2n) is 3.55. The Kier molecular flexibility index (Phi) is 3.74. The quantitative estimate of drug-likeness (QED) is 0.850. The summed E-state index contributed by atoms with van der Waals surface area (Å²) in [4.78, 5) is 22.6. The summed E-state index contributed by atoms with van der Waals surface area (Å²) in [6.45, 7) is 1.96. The van der Waals surface area contributed by atoms with Crippen LogP contribution in [0.5, 0.6) is 0 Å². The highest BCUT2D eigenvalue weighted by Crippen LogP contribution is 2.18. The maximum Gasteiger partial charge on any atom is 0.398 e. The molecular formula is C11H9Cl2N3O2. The number of rotatable bonds is 3. The summed E-state index contributed by atoms with van der Waals surface area (Å²) in [6.07, 6.45) is 0. The van der Waals surface area contributed by atoms with Gasteiger partial charge in [0.2, 0.25) is 5.82 Å². The molecule has 0 saturated carbocycles. The molecule has 1 aromatic heterocycles. The lowest BCUT2D eigenvalue weighted by atomic mass is 10.2. The highest BCUT2D eigenvalue weighted by atomic mass is 35.5. The van der Waals surface area contributed by atoms with E-state index in [2.05, 4.69) is 15.4 Å². The number of H-pyrrole nitrogens is 1. The van der Waals surface area contributed by atoms with Gasteiger partial charge in [-0.1, -0.05) is 40.9 Å². The topological polar surface area (TPSA) is 67.0 Å². The van der Waals surface area contributed by atoms with Gasteiger partial charge in [-0.05, 0) is 19.1 Å². The smallest absolute Gasteiger partial charge is 0.335 e. The van der Waals surface area contributed by atoms with E-state index in [1.165, 1.54) is 0 Å². The fraction of sp³-hybridized carbons (Fsp3) is 0.0909. The van der Waals surface area contributed by atoms with E-state index >= 15 is 0 Å². The number of hydrogen-bond donors (Lipinski definition) is 2. The van der Waals surface area contributed by atoms with Gasteiger partial charge < -0.3 is 9.82 Å². The van der Waals surface area contributed by atoms with E-state index < -0.39 is 5.97 Å². The molecule has 94 valence electrons. The van der Waals surface area contributed by atoms with Gasteiger partial charge in [0.15, 0.2) is 5.15 Å². The number of aromatic amines is 1. The Morgan fingerprint density at radius 1 is 1.33 bits per heavy atom. The van der Waals surface area contributed by atoms with Gasteiger partial charge in [-0.3, -0.25) is 0 Å². The molecule has 0 bridgehead atoms. The zero-order valence-electron chi connectivity index (χ0n) is 9.33. The largest absolute Gasteiger partial charge is 0.398 e. The van der Waals surface area contributed by atoms with Crippen LogP contribution in [0.1, 0.15) is 16.2 Å². The number of hydrogen-bond acceptors (Lipinski definition) is 4. The number of carbonyl (C=O) groups is 1. The van der Waals surface area contributed by atoms with E-state index in [0.717, 1.165) is 5.56 Å². The molecule has 2 N–H and O–H groups in total. The molecule has 0 unspecified atom stereocenters. The molecule has 1 aromatic carbocycles. The zero-order valence-corrected chi connectivity index (χ0v) is 10.8. The molecule has 0 amide bonds. The van der Waals surface area contributed by atoms with Crippen molar-refractivity contribution >= 4 is 34.9 Å². The molecule has 1 heterocycles. The molecular weight excluding hydrogens is 277 g/mol. The summed E-state index contributed by atoms with van der Waals surface area (Å²) in [5.41, 5.74) is 4.26. The second kappa shape index (κ2) is 5.29. The van der Waals surface area contributed by atoms with Crippen LogP contribution >= 0.6 is 23.2 Å². The zero-order chi connectivity index (χ0) is 13.1. The van der Waals surface area contributed by atoms with Gasteiger partial charge in [0.25, 0.3) is 0 Å². The third-order valence-corrected chi connectivity index (χ3v) is 2.77. The van der Waals surface area contributed by atoms with Crippen LogP contribution in [0.2, 0.25) is 10.3 Å². The number of carbonyl (C=O) groups excluding carboxylic acids is 1. The van der Waals surface area contributed by atoms with Crippen LogP contribution in [-0.2, 0) is 4.84 Å². The summed E-state index contributed by atoms with van der Waals surface area (Å²) < 4.78 is 0. The SMILES string of the molecule is Cc1ccc(NOC(=O)c2nc(Cl)c(Cl)[nH]2)cc1. The van der Waals surface area contributed by atoms with Crippen molar-refractivity contribution in [2.45, 2.75) is 6.92 Å². The molecule has 5 nitrogen and oxygen atoms in total. The van der Waals surface area contributed by atoms with Crippen molar-refractivity contribution < 1.29 is 9.63 Å². The molecule has 0 aliphatic rings. The van der Waals surface area contributed by atoms with E-state index in [4.69, 9.17) is 28.0 Å². The van der Waals surface area contributed by atoms with Crippen molar-refractivity contribution in [3.63, 3.8) is 0 Å². The first-order chi connectivity index (χ1) is 8.56. The van der Waals surface area contributed by atoms with Crippen LogP contribution in [0.25, 0.3) is 0 Å². The summed E-state index contributed by atoms with van der Waals surface area (Å²) in [5.74, 6) is -0.769. The molecule has 7 heteroatoms. The number of halogens is 2. The van der Waals surface area contributed by atoms with Crippen molar-refractivity contribution in [2.24, 2.45) is 0 Å². The fourth-order valence-corrected chi connectivity index (χ4v) is 1.47. The monoisotopic (exact) mass is 285 g/mol. The Morgan fingerprint density at radius 3 is 2.56 bits per heavy atom. The van der Waals surface area contributed by atoms with Crippen molar-refractivity contribution in [2.75, 3.05) is 5.48 Å². The van der Waals surface area contributed by atoms with Crippen LogP contribution in [0, 0.1) is 6.92 Å². The van der Waals surface area contributed by atoms with Gasteiger partial charge in [0.1, 0.15) is 5.15 Å². The van der Waals surface area contributed by atoms with Gasteiger partial charge in [-0.2, -0.15) is 0 Å². The standard InChI is InChI=1S/C11H9Cl2N3O2/c1-6-2-4-7(5-3-6)16-18-11(17)10-14-8(12)9(13)15-10/h2-5,16H,1H3,(H,14,15). The number of anilines is 1. The molecule has 0 fully saturated rings. The lowest BCUT2D eigenvalue weighted by Gasteiger charge is -2.05. The number of imidazole rings is 1. The summed E-state index contributed by atoms with van der Waals surface area (Å²) in [5, 5.41) is 0.123. The van der Waals surface area contributed by atoms with E-state index in [1.54, 1.807) is 12.1 Å². The van der Waals surface area contributed by atoms with Gasteiger partial charge in [-0.25, -0.2) is 15.3 Å². The van der Waals surface area contributed by atoms with Gasteiger partial charge >= 0.3 is 5.97 Å². The van der Waals surface area contributed by atoms with E-state index in [1.807, 2.05) is 19.1 Å².